The van der Waals surface area contributed by atoms with E-state index in [1.165, 1.54) is 50.2 Å². The number of likely N-dealkylation sites (tertiary alicyclic amines) is 1. The largest absolute Gasteiger partial charge is 0.312 e. The molecule has 96 valence electrons. The van der Waals surface area contributed by atoms with Crippen molar-refractivity contribution in [2.24, 2.45) is 0 Å². The minimum atomic E-state index is 0.978. The standard InChI is InChI=1S/C13H23N3S/c1-12-15-11-13(17-12)10-14-6-5-9-16-7-3-2-4-8-16/h11,14H,2-10H2,1H3. The first-order valence-electron chi connectivity index (χ1n) is 6.69. The molecule has 3 nitrogen and oxygen atoms in total. The van der Waals surface area contributed by atoms with Crippen LogP contribution in [0.25, 0.3) is 0 Å². The van der Waals surface area contributed by atoms with Gasteiger partial charge in [0.25, 0.3) is 0 Å². The van der Waals surface area contributed by atoms with Crippen molar-refractivity contribution in [3.8, 4) is 0 Å². The second-order valence-electron chi connectivity index (χ2n) is 4.78. The van der Waals surface area contributed by atoms with Crippen LogP contribution in [-0.2, 0) is 6.54 Å². The van der Waals surface area contributed by atoms with E-state index in [4.69, 9.17) is 0 Å². The summed E-state index contributed by atoms with van der Waals surface area (Å²) in [6.45, 7) is 8.04. The molecule has 1 N–H and O–H groups in total. The Balaban J connectivity index is 1.51. The fourth-order valence-electron chi connectivity index (χ4n) is 2.31. The van der Waals surface area contributed by atoms with E-state index in [0.717, 1.165) is 18.1 Å². The summed E-state index contributed by atoms with van der Waals surface area (Å²) in [5.41, 5.74) is 0. The monoisotopic (exact) mass is 253 g/mol. The van der Waals surface area contributed by atoms with Crippen molar-refractivity contribution >= 4 is 11.3 Å². The second kappa shape index (κ2) is 7.09. The molecule has 0 aromatic carbocycles. The lowest BCUT2D eigenvalue weighted by molar-refractivity contribution is 0.225. The molecule has 0 amide bonds. The highest BCUT2D eigenvalue weighted by atomic mass is 32.1. The van der Waals surface area contributed by atoms with Gasteiger partial charge in [0.2, 0.25) is 0 Å². The van der Waals surface area contributed by atoms with E-state index in [0.29, 0.717) is 0 Å². The van der Waals surface area contributed by atoms with Gasteiger partial charge in [-0.15, -0.1) is 11.3 Å². The summed E-state index contributed by atoms with van der Waals surface area (Å²) in [5.74, 6) is 0. The smallest absolute Gasteiger partial charge is 0.0897 e. The number of nitrogens with one attached hydrogen (secondary N) is 1. The molecular weight excluding hydrogens is 230 g/mol. The topological polar surface area (TPSA) is 28.2 Å². The molecule has 0 spiro atoms. The van der Waals surface area contributed by atoms with Gasteiger partial charge in [0.15, 0.2) is 0 Å². The molecule has 1 fully saturated rings. The quantitative estimate of drug-likeness (QED) is 0.789. The number of thiazole rings is 1. The van der Waals surface area contributed by atoms with Crippen LogP contribution in [0.3, 0.4) is 0 Å². The van der Waals surface area contributed by atoms with Crippen molar-refractivity contribution in [3.63, 3.8) is 0 Å². The number of rotatable bonds is 6. The summed E-state index contributed by atoms with van der Waals surface area (Å²) in [4.78, 5) is 8.21. The third-order valence-electron chi connectivity index (χ3n) is 3.24. The highest BCUT2D eigenvalue weighted by Crippen LogP contribution is 2.11. The molecule has 2 rings (SSSR count). The van der Waals surface area contributed by atoms with Crippen LogP contribution in [0.15, 0.2) is 6.20 Å². The molecule has 0 unspecified atom stereocenters. The number of hydrogen-bond acceptors (Lipinski definition) is 4. The molecule has 1 aliphatic heterocycles. The minimum absolute atomic E-state index is 0.978. The zero-order valence-electron chi connectivity index (χ0n) is 10.7. The SMILES string of the molecule is Cc1ncc(CNCCCN2CCCCC2)s1. The Kier molecular flexibility index (Phi) is 5.42. The molecule has 0 bridgehead atoms. The molecule has 2 heterocycles. The van der Waals surface area contributed by atoms with Crippen molar-refractivity contribution in [2.75, 3.05) is 26.2 Å². The van der Waals surface area contributed by atoms with E-state index in [1.807, 2.05) is 6.20 Å². The first-order chi connectivity index (χ1) is 8.34. The van der Waals surface area contributed by atoms with Crippen molar-refractivity contribution in [1.29, 1.82) is 0 Å². The maximum absolute atomic E-state index is 4.26. The van der Waals surface area contributed by atoms with E-state index in [1.54, 1.807) is 11.3 Å². The number of nitrogens with zero attached hydrogens (tertiary/aromatic N) is 2. The second-order valence-corrected chi connectivity index (χ2v) is 6.10. The zero-order valence-corrected chi connectivity index (χ0v) is 11.6. The van der Waals surface area contributed by atoms with Gasteiger partial charge >= 0.3 is 0 Å². The number of aryl methyl sites for hydroxylation is 1. The van der Waals surface area contributed by atoms with Gasteiger partial charge < -0.3 is 10.2 Å². The number of aromatic nitrogens is 1. The van der Waals surface area contributed by atoms with E-state index in [9.17, 15) is 0 Å². The summed E-state index contributed by atoms with van der Waals surface area (Å²) in [6, 6.07) is 0. The summed E-state index contributed by atoms with van der Waals surface area (Å²) < 4.78 is 0. The molecule has 1 aliphatic rings. The highest BCUT2D eigenvalue weighted by molar-refractivity contribution is 7.11. The van der Waals surface area contributed by atoms with Gasteiger partial charge in [-0.3, -0.25) is 0 Å². The molecule has 4 heteroatoms. The zero-order chi connectivity index (χ0) is 11.9. The average molecular weight is 253 g/mol. The van der Waals surface area contributed by atoms with E-state index < -0.39 is 0 Å². The van der Waals surface area contributed by atoms with Crippen LogP contribution in [0.4, 0.5) is 0 Å². The lowest BCUT2D eigenvalue weighted by Gasteiger charge is -2.26. The van der Waals surface area contributed by atoms with Crippen LogP contribution < -0.4 is 5.32 Å². The van der Waals surface area contributed by atoms with Gasteiger partial charge in [-0.1, -0.05) is 6.42 Å². The van der Waals surface area contributed by atoms with E-state index in [2.05, 4.69) is 22.1 Å². The van der Waals surface area contributed by atoms with Crippen molar-refractivity contribution in [1.82, 2.24) is 15.2 Å². The van der Waals surface area contributed by atoms with Gasteiger partial charge in [-0.25, -0.2) is 4.98 Å². The Morgan fingerprint density at radius 1 is 1.35 bits per heavy atom. The Morgan fingerprint density at radius 2 is 2.18 bits per heavy atom. The Bertz CT molecular complexity index is 318. The number of piperidine rings is 1. The molecule has 0 aliphatic carbocycles. The minimum Gasteiger partial charge on any atom is -0.312 e. The maximum atomic E-state index is 4.26. The first kappa shape index (κ1) is 13.0. The van der Waals surface area contributed by atoms with Crippen molar-refractivity contribution in [3.05, 3.63) is 16.1 Å². The fourth-order valence-corrected chi connectivity index (χ4v) is 3.07. The van der Waals surface area contributed by atoms with Crippen LogP contribution in [-0.4, -0.2) is 36.1 Å². The lowest BCUT2D eigenvalue weighted by atomic mass is 10.1. The third-order valence-corrected chi connectivity index (χ3v) is 4.16. The Labute approximate surface area is 108 Å². The van der Waals surface area contributed by atoms with E-state index >= 15 is 0 Å². The molecule has 0 radical (unpaired) electrons. The fraction of sp³-hybridized carbons (Fsp3) is 0.769. The van der Waals surface area contributed by atoms with Gasteiger partial charge in [0.05, 0.1) is 5.01 Å². The third kappa shape index (κ3) is 4.74. The van der Waals surface area contributed by atoms with Gasteiger partial charge in [-0.2, -0.15) is 0 Å². The lowest BCUT2D eigenvalue weighted by Crippen LogP contribution is -2.32. The maximum Gasteiger partial charge on any atom is 0.0897 e. The normalized spacial score (nSPS) is 17.5. The predicted molar refractivity (Wildman–Crippen MR) is 73.5 cm³/mol. The van der Waals surface area contributed by atoms with Gasteiger partial charge in [-0.05, 0) is 52.4 Å². The summed E-state index contributed by atoms with van der Waals surface area (Å²) >= 11 is 1.79. The van der Waals surface area contributed by atoms with Gasteiger partial charge in [0, 0.05) is 17.6 Å². The van der Waals surface area contributed by atoms with Crippen LogP contribution in [0.2, 0.25) is 0 Å². The van der Waals surface area contributed by atoms with E-state index in [-0.39, 0.29) is 0 Å². The van der Waals surface area contributed by atoms with Crippen molar-refractivity contribution < 1.29 is 0 Å². The molecule has 0 saturated carbocycles. The molecule has 0 atom stereocenters. The molecule has 1 saturated heterocycles. The highest BCUT2D eigenvalue weighted by Gasteiger charge is 2.08. The summed E-state index contributed by atoms with van der Waals surface area (Å²) in [5, 5.41) is 4.66. The average Bonchev–Trinajstić information content (AvgIpc) is 2.76. The van der Waals surface area contributed by atoms with Crippen molar-refractivity contribution in [2.45, 2.75) is 39.2 Å². The van der Waals surface area contributed by atoms with Gasteiger partial charge in [0.1, 0.15) is 0 Å². The molecule has 17 heavy (non-hydrogen) atoms. The molecule has 1 aromatic heterocycles. The Hall–Kier alpha value is -0.450. The van der Waals surface area contributed by atoms with Crippen LogP contribution >= 0.6 is 11.3 Å². The number of hydrogen-bond donors (Lipinski definition) is 1. The first-order valence-corrected chi connectivity index (χ1v) is 7.50. The Morgan fingerprint density at radius 3 is 2.88 bits per heavy atom. The van der Waals surface area contributed by atoms with Crippen LogP contribution in [0.1, 0.15) is 35.6 Å². The van der Waals surface area contributed by atoms with Crippen LogP contribution in [0, 0.1) is 6.92 Å². The summed E-state index contributed by atoms with van der Waals surface area (Å²) in [6.07, 6.45) is 7.47. The summed E-state index contributed by atoms with van der Waals surface area (Å²) in [7, 11) is 0. The molecular formula is C13H23N3S. The predicted octanol–water partition coefficient (Wildman–Crippen LogP) is 2.42. The molecule has 1 aromatic rings. The van der Waals surface area contributed by atoms with Crippen LogP contribution in [0.5, 0.6) is 0 Å².